The van der Waals surface area contributed by atoms with E-state index in [1.807, 2.05) is 0 Å². The summed E-state index contributed by atoms with van der Waals surface area (Å²) >= 11 is 0. The van der Waals surface area contributed by atoms with Crippen LogP contribution < -0.4 is 5.73 Å². The van der Waals surface area contributed by atoms with E-state index < -0.39 is 6.10 Å². The minimum absolute atomic E-state index is 0.203. The van der Waals surface area contributed by atoms with Crippen molar-refractivity contribution >= 4 is 11.7 Å². The molecule has 6 heteroatoms. The molecule has 2 heterocycles. The monoisotopic (exact) mass is 222 g/mol. The van der Waals surface area contributed by atoms with Gasteiger partial charge in [0.15, 0.2) is 0 Å². The second-order valence-corrected chi connectivity index (χ2v) is 3.87. The molecule has 1 aliphatic heterocycles. The van der Waals surface area contributed by atoms with Gasteiger partial charge >= 0.3 is 0 Å². The molecular weight excluding hydrogens is 208 g/mol. The normalized spacial score (nSPS) is 20.8. The van der Waals surface area contributed by atoms with Gasteiger partial charge in [-0.1, -0.05) is 0 Å². The van der Waals surface area contributed by atoms with Crippen molar-refractivity contribution in [1.29, 1.82) is 0 Å². The number of aliphatic hydroxyl groups excluding tert-OH is 1. The van der Waals surface area contributed by atoms with E-state index in [9.17, 15) is 9.90 Å². The number of hydrogen-bond acceptors (Lipinski definition) is 5. The molecule has 6 nitrogen and oxygen atoms in total. The molecule has 16 heavy (non-hydrogen) atoms. The molecule has 3 N–H and O–H groups in total. The standard InChI is InChI=1S/C10H14N4O2/c11-9-5-12-8(4-13-9)10(16)14-3-1-2-7(15)6-14/h4-5,7,15H,1-3,6H2,(H2,11,13). The van der Waals surface area contributed by atoms with E-state index in [1.54, 1.807) is 4.90 Å². The number of rotatable bonds is 1. The van der Waals surface area contributed by atoms with E-state index in [0.717, 1.165) is 12.8 Å². The van der Waals surface area contributed by atoms with Gasteiger partial charge in [0.05, 0.1) is 18.5 Å². The summed E-state index contributed by atoms with van der Waals surface area (Å²) in [5, 5.41) is 9.47. The van der Waals surface area contributed by atoms with Gasteiger partial charge in [-0.3, -0.25) is 4.79 Å². The summed E-state index contributed by atoms with van der Waals surface area (Å²) in [6, 6.07) is 0. The molecule has 1 aromatic rings. The van der Waals surface area contributed by atoms with Gasteiger partial charge in [-0.2, -0.15) is 0 Å². The first-order chi connectivity index (χ1) is 7.66. The first-order valence-electron chi connectivity index (χ1n) is 5.21. The highest BCUT2D eigenvalue weighted by molar-refractivity contribution is 5.92. The number of nitrogens with zero attached hydrogens (tertiary/aromatic N) is 3. The van der Waals surface area contributed by atoms with Gasteiger partial charge in [0.25, 0.3) is 5.91 Å². The van der Waals surface area contributed by atoms with Crippen molar-refractivity contribution in [2.75, 3.05) is 18.8 Å². The Balaban J connectivity index is 2.09. The number of β-amino-alcohol motifs (C(OH)–C–C–N with tert-alkyl or cyclic N) is 1. The van der Waals surface area contributed by atoms with Crippen LogP contribution in [-0.4, -0.2) is 45.1 Å². The zero-order valence-corrected chi connectivity index (χ0v) is 8.83. The average molecular weight is 222 g/mol. The van der Waals surface area contributed by atoms with Gasteiger partial charge in [0.1, 0.15) is 11.5 Å². The number of anilines is 1. The molecule has 1 aromatic heterocycles. The molecule has 0 saturated carbocycles. The van der Waals surface area contributed by atoms with Crippen molar-refractivity contribution in [2.45, 2.75) is 18.9 Å². The van der Waals surface area contributed by atoms with Gasteiger partial charge < -0.3 is 15.7 Å². The maximum absolute atomic E-state index is 11.9. The number of piperidine rings is 1. The maximum Gasteiger partial charge on any atom is 0.274 e. The Kier molecular flexibility index (Phi) is 3.00. The lowest BCUT2D eigenvalue weighted by atomic mass is 10.1. The number of carbonyl (C=O) groups is 1. The number of nitrogen functional groups attached to an aromatic ring is 1. The molecule has 1 unspecified atom stereocenters. The molecule has 1 saturated heterocycles. The maximum atomic E-state index is 11.9. The summed E-state index contributed by atoms with van der Waals surface area (Å²) in [5.41, 5.74) is 5.66. The molecule has 86 valence electrons. The Bertz CT molecular complexity index is 379. The summed E-state index contributed by atoms with van der Waals surface area (Å²) in [7, 11) is 0. The zero-order valence-electron chi connectivity index (χ0n) is 8.83. The molecule has 1 fully saturated rings. The summed E-state index contributed by atoms with van der Waals surface area (Å²) < 4.78 is 0. The van der Waals surface area contributed by atoms with E-state index >= 15 is 0 Å². The molecular formula is C10H14N4O2. The number of aliphatic hydroxyl groups is 1. The molecule has 0 bridgehead atoms. The third-order valence-corrected chi connectivity index (χ3v) is 2.57. The van der Waals surface area contributed by atoms with Crippen LogP contribution in [-0.2, 0) is 0 Å². The molecule has 0 aliphatic carbocycles. The van der Waals surface area contributed by atoms with E-state index in [4.69, 9.17) is 5.73 Å². The number of aromatic nitrogens is 2. The summed E-state index contributed by atoms with van der Waals surface area (Å²) in [6.07, 6.45) is 3.85. The number of amides is 1. The molecule has 2 rings (SSSR count). The summed E-state index contributed by atoms with van der Waals surface area (Å²) in [5.74, 6) is 0.0847. The number of nitrogens with two attached hydrogens (primary N) is 1. The Hall–Kier alpha value is -1.69. The zero-order chi connectivity index (χ0) is 11.5. The first kappa shape index (κ1) is 10.8. The van der Waals surface area contributed by atoms with Crippen LogP contribution in [0, 0.1) is 0 Å². The second-order valence-electron chi connectivity index (χ2n) is 3.87. The second kappa shape index (κ2) is 4.44. The SMILES string of the molecule is Nc1cnc(C(=O)N2CCCC(O)C2)cn1. The van der Waals surface area contributed by atoms with E-state index in [1.165, 1.54) is 12.4 Å². The Morgan fingerprint density at radius 3 is 2.94 bits per heavy atom. The minimum Gasteiger partial charge on any atom is -0.391 e. The van der Waals surface area contributed by atoms with Gasteiger partial charge in [-0.25, -0.2) is 9.97 Å². The fraction of sp³-hybridized carbons (Fsp3) is 0.500. The van der Waals surface area contributed by atoms with Crippen LogP contribution in [0.15, 0.2) is 12.4 Å². The van der Waals surface area contributed by atoms with Crippen molar-refractivity contribution in [1.82, 2.24) is 14.9 Å². The number of hydrogen-bond donors (Lipinski definition) is 2. The molecule has 1 atom stereocenters. The fourth-order valence-corrected chi connectivity index (χ4v) is 1.75. The predicted molar refractivity (Wildman–Crippen MR) is 57.6 cm³/mol. The molecule has 1 aliphatic rings. The van der Waals surface area contributed by atoms with Crippen LogP contribution in [0.1, 0.15) is 23.3 Å². The van der Waals surface area contributed by atoms with Gasteiger partial charge in [-0.15, -0.1) is 0 Å². The smallest absolute Gasteiger partial charge is 0.274 e. The quantitative estimate of drug-likeness (QED) is 0.678. The fourth-order valence-electron chi connectivity index (χ4n) is 1.75. The van der Waals surface area contributed by atoms with E-state index in [2.05, 4.69) is 9.97 Å². The third kappa shape index (κ3) is 2.27. The van der Waals surface area contributed by atoms with Crippen LogP contribution in [0.3, 0.4) is 0 Å². The lowest BCUT2D eigenvalue weighted by Crippen LogP contribution is -2.42. The Labute approximate surface area is 93.1 Å². The molecule has 1 amide bonds. The Morgan fingerprint density at radius 2 is 2.31 bits per heavy atom. The van der Waals surface area contributed by atoms with Crippen molar-refractivity contribution < 1.29 is 9.90 Å². The molecule has 0 aromatic carbocycles. The van der Waals surface area contributed by atoms with Crippen LogP contribution >= 0.6 is 0 Å². The van der Waals surface area contributed by atoms with Gasteiger partial charge in [-0.05, 0) is 12.8 Å². The Morgan fingerprint density at radius 1 is 1.50 bits per heavy atom. The molecule has 0 radical (unpaired) electrons. The van der Waals surface area contributed by atoms with Crippen molar-refractivity contribution in [3.05, 3.63) is 18.1 Å². The first-order valence-corrected chi connectivity index (χ1v) is 5.21. The lowest BCUT2D eigenvalue weighted by molar-refractivity contribution is 0.0468. The van der Waals surface area contributed by atoms with Crippen molar-refractivity contribution in [3.63, 3.8) is 0 Å². The van der Waals surface area contributed by atoms with Crippen LogP contribution in [0.5, 0.6) is 0 Å². The molecule has 0 spiro atoms. The number of carbonyl (C=O) groups excluding carboxylic acids is 1. The number of likely N-dealkylation sites (tertiary alicyclic amines) is 1. The van der Waals surface area contributed by atoms with Crippen molar-refractivity contribution in [2.24, 2.45) is 0 Å². The van der Waals surface area contributed by atoms with Crippen LogP contribution in [0.4, 0.5) is 5.82 Å². The van der Waals surface area contributed by atoms with E-state index in [-0.39, 0.29) is 17.4 Å². The minimum atomic E-state index is -0.431. The highest BCUT2D eigenvalue weighted by Crippen LogP contribution is 2.12. The lowest BCUT2D eigenvalue weighted by Gasteiger charge is -2.29. The predicted octanol–water partition coefficient (Wildman–Crippen LogP) is -0.344. The van der Waals surface area contributed by atoms with Crippen molar-refractivity contribution in [3.8, 4) is 0 Å². The topological polar surface area (TPSA) is 92.3 Å². The van der Waals surface area contributed by atoms with Crippen LogP contribution in [0.25, 0.3) is 0 Å². The third-order valence-electron chi connectivity index (χ3n) is 2.57. The van der Waals surface area contributed by atoms with Gasteiger partial charge in [0, 0.05) is 13.1 Å². The average Bonchev–Trinajstić information content (AvgIpc) is 2.29. The van der Waals surface area contributed by atoms with Gasteiger partial charge in [0.2, 0.25) is 0 Å². The highest BCUT2D eigenvalue weighted by atomic mass is 16.3. The summed E-state index contributed by atoms with van der Waals surface area (Å²) in [4.78, 5) is 21.3. The largest absolute Gasteiger partial charge is 0.391 e. The highest BCUT2D eigenvalue weighted by Gasteiger charge is 2.23. The van der Waals surface area contributed by atoms with Crippen LogP contribution in [0.2, 0.25) is 0 Å². The van der Waals surface area contributed by atoms with E-state index in [0.29, 0.717) is 13.1 Å². The summed E-state index contributed by atoms with van der Waals surface area (Å²) in [6.45, 7) is 1.02.